The Morgan fingerprint density at radius 1 is 0.632 bits per heavy atom. The summed E-state index contributed by atoms with van der Waals surface area (Å²) >= 11 is 0. The normalized spacial score (nSPS) is 16.1. The van der Waals surface area contributed by atoms with Crippen molar-refractivity contribution in [1.82, 2.24) is 0 Å². The molecule has 0 aliphatic heterocycles. The number of fused-ring (bicyclic) bond motifs is 5. The second kappa shape index (κ2) is 16.7. The molecule has 1 heterocycles. The van der Waals surface area contributed by atoms with Crippen LogP contribution in [-0.2, 0) is 11.8 Å². The van der Waals surface area contributed by atoms with Crippen LogP contribution in [0, 0.1) is 13.8 Å². The molecule has 0 spiro atoms. The minimum absolute atomic E-state index is 0.146. The molecule has 1 aromatic heterocycles. The predicted molar refractivity (Wildman–Crippen MR) is 245 cm³/mol. The van der Waals surface area contributed by atoms with E-state index in [1.165, 1.54) is 97.7 Å². The molecule has 7 aromatic rings. The van der Waals surface area contributed by atoms with E-state index in [-0.39, 0.29) is 5.41 Å². The van der Waals surface area contributed by atoms with E-state index in [1.807, 2.05) is 12.1 Å². The van der Waals surface area contributed by atoms with Crippen molar-refractivity contribution < 1.29 is 4.42 Å². The molecule has 57 heavy (non-hydrogen) atoms. The Bertz CT molecular complexity index is 2640. The van der Waals surface area contributed by atoms with Crippen LogP contribution in [0.2, 0.25) is 0 Å². The third-order valence-electron chi connectivity index (χ3n) is 12.0. The Kier molecular flexibility index (Phi) is 11.1. The number of hydrogen-bond donors (Lipinski definition) is 0. The van der Waals surface area contributed by atoms with Crippen LogP contribution in [0.1, 0.15) is 85.8 Å². The van der Waals surface area contributed by atoms with Crippen LogP contribution in [0.5, 0.6) is 0 Å². The number of furan rings is 1. The molecular formula is C56H54O. The second-order valence-electron chi connectivity index (χ2n) is 16.4. The van der Waals surface area contributed by atoms with Crippen LogP contribution in [0.25, 0.3) is 49.8 Å². The van der Waals surface area contributed by atoms with Gasteiger partial charge in [-0.15, -0.1) is 0 Å². The minimum atomic E-state index is 0.146. The maximum Gasteiger partial charge on any atom is 0.135 e. The van der Waals surface area contributed by atoms with Crippen LogP contribution in [0.3, 0.4) is 0 Å². The highest BCUT2D eigenvalue weighted by Crippen LogP contribution is 2.50. The standard InChI is InChI=1S/C22H22.C19H14O.C15H18/c1-15-8-10-16(11-9-15)17-12-13-21-19(14-17)18-6-4-5-7-20(18)22(21,2)3;1-13-6-8-14(9-7-13)15-10-11-19-17(12-15)16-4-2-3-5-18(16)20-19;1-2-8-13-11-6-7-12-15(13)14-9-4-3-5-10-14/h5,7-14H,4,6H2,1-3H3;2-12H,1H3;3-7,9,11-12,14H,2,8,10H2,1H3. The maximum atomic E-state index is 5.86. The van der Waals surface area contributed by atoms with Gasteiger partial charge in [-0.05, 0) is 119 Å². The van der Waals surface area contributed by atoms with Gasteiger partial charge in [0.25, 0.3) is 0 Å². The SMILES string of the molecule is CCCc1ccccc1C1C=CC=CC1.Cc1ccc(-c2ccc3c(c2)C2=C(C=CCC2)C3(C)C)cc1.Cc1ccc(-c2ccc3oc4ccccc4c3c2)cc1. The van der Waals surface area contributed by atoms with Crippen LogP contribution in [0.4, 0.5) is 0 Å². The molecule has 6 aromatic carbocycles. The van der Waals surface area contributed by atoms with Crippen molar-refractivity contribution in [3.63, 3.8) is 0 Å². The molecule has 0 radical (unpaired) electrons. The van der Waals surface area contributed by atoms with Gasteiger partial charge in [0.1, 0.15) is 11.2 Å². The number of para-hydroxylation sites is 1. The fourth-order valence-corrected chi connectivity index (χ4v) is 8.79. The molecule has 0 N–H and O–H groups in total. The Hall–Kier alpha value is -5.92. The summed E-state index contributed by atoms with van der Waals surface area (Å²) in [5, 5.41) is 2.36. The molecule has 1 nitrogen and oxygen atoms in total. The summed E-state index contributed by atoms with van der Waals surface area (Å²) in [6, 6.07) is 47.9. The van der Waals surface area contributed by atoms with Crippen molar-refractivity contribution in [1.29, 1.82) is 0 Å². The quantitative estimate of drug-likeness (QED) is 0.171. The number of hydrogen-bond acceptors (Lipinski definition) is 1. The average molecular weight is 743 g/mol. The Morgan fingerprint density at radius 2 is 1.28 bits per heavy atom. The van der Waals surface area contributed by atoms with Crippen LogP contribution in [-0.4, -0.2) is 0 Å². The third kappa shape index (κ3) is 8.03. The third-order valence-corrected chi connectivity index (χ3v) is 12.0. The first-order valence-electron chi connectivity index (χ1n) is 20.8. The highest BCUT2D eigenvalue weighted by Gasteiger charge is 2.37. The van der Waals surface area contributed by atoms with Crippen LogP contribution in [0.15, 0.2) is 180 Å². The minimum Gasteiger partial charge on any atom is -0.456 e. The van der Waals surface area contributed by atoms with Crippen molar-refractivity contribution in [2.45, 2.75) is 78.1 Å². The first-order valence-corrected chi connectivity index (χ1v) is 20.8. The van der Waals surface area contributed by atoms with Crippen molar-refractivity contribution in [3.05, 3.63) is 209 Å². The van der Waals surface area contributed by atoms with Gasteiger partial charge >= 0.3 is 0 Å². The van der Waals surface area contributed by atoms with E-state index in [9.17, 15) is 0 Å². The first kappa shape index (κ1) is 38.0. The summed E-state index contributed by atoms with van der Waals surface area (Å²) in [4.78, 5) is 0. The number of rotatable bonds is 5. The molecule has 3 aliphatic carbocycles. The number of benzene rings is 6. The van der Waals surface area contributed by atoms with Gasteiger partial charge in [0, 0.05) is 22.1 Å². The average Bonchev–Trinajstić information content (AvgIpc) is 3.74. The summed E-state index contributed by atoms with van der Waals surface area (Å²) < 4.78 is 5.86. The van der Waals surface area contributed by atoms with Crippen LogP contribution >= 0.6 is 0 Å². The van der Waals surface area contributed by atoms with E-state index < -0.39 is 0 Å². The molecule has 10 rings (SSSR count). The Labute approximate surface area is 339 Å². The van der Waals surface area contributed by atoms with E-state index in [1.54, 1.807) is 5.57 Å². The Balaban J connectivity index is 0.000000122. The molecule has 1 atom stereocenters. The monoisotopic (exact) mass is 742 g/mol. The summed E-state index contributed by atoms with van der Waals surface area (Å²) in [6.45, 7) is 11.2. The van der Waals surface area contributed by atoms with Crippen molar-refractivity contribution in [2.24, 2.45) is 0 Å². The van der Waals surface area contributed by atoms with Crippen molar-refractivity contribution in [2.75, 3.05) is 0 Å². The molecule has 0 amide bonds. The lowest BCUT2D eigenvalue weighted by molar-refractivity contribution is 0.651. The Morgan fingerprint density at radius 3 is 2.00 bits per heavy atom. The number of aryl methyl sites for hydroxylation is 3. The van der Waals surface area contributed by atoms with Gasteiger partial charge in [0.15, 0.2) is 0 Å². The molecule has 0 saturated carbocycles. The van der Waals surface area contributed by atoms with Gasteiger partial charge in [0.05, 0.1) is 0 Å². The van der Waals surface area contributed by atoms with Gasteiger partial charge in [0.2, 0.25) is 0 Å². The molecule has 0 saturated heterocycles. The van der Waals surface area contributed by atoms with Crippen LogP contribution < -0.4 is 0 Å². The van der Waals surface area contributed by atoms with Gasteiger partial charge in [-0.25, -0.2) is 0 Å². The number of allylic oxidation sites excluding steroid dienone is 8. The summed E-state index contributed by atoms with van der Waals surface area (Å²) in [5.74, 6) is 0.595. The van der Waals surface area contributed by atoms with Gasteiger partial charge < -0.3 is 4.42 Å². The molecule has 1 heteroatoms. The maximum absolute atomic E-state index is 5.86. The first-order chi connectivity index (χ1) is 27.8. The zero-order valence-corrected chi connectivity index (χ0v) is 34.2. The van der Waals surface area contributed by atoms with E-state index in [4.69, 9.17) is 4.42 Å². The molecular weight excluding hydrogens is 689 g/mol. The summed E-state index contributed by atoms with van der Waals surface area (Å²) in [5.41, 5.74) is 18.8. The lowest BCUT2D eigenvalue weighted by Gasteiger charge is -2.24. The van der Waals surface area contributed by atoms with E-state index in [2.05, 4.69) is 192 Å². The van der Waals surface area contributed by atoms with Gasteiger partial charge in [-0.1, -0.05) is 184 Å². The fourth-order valence-electron chi connectivity index (χ4n) is 8.79. The molecule has 3 aliphatic rings. The van der Waals surface area contributed by atoms with Crippen molar-refractivity contribution in [3.8, 4) is 22.3 Å². The molecule has 284 valence electrons. The zero-order valence-electron chi connectivity index (χ0n) is 34.2. The lowest BCUT2D eigenvalue weighted by Crippen LogP contribution is -2.16. The molecule has 0 fully saturated rings. The smallest absolute Gasteiger partial charge is 0.135 e. The fraction of sp³-hybridized carbons (Fsp3) is 0.214. The summed E-state index contributed by atoms with van der Waals surface area (Å²) in [7, 11) is 0. The lowest BCUT2D eigenvalue weighted by atomic mass is 9.80. The predicted octanol–water partition coefficient (Wildman–Crippen LogP) is 15.9. The topological polar surface area (TPSA) is 13.1 Å². The van der Waals surface area contributed by atoms with Gasteiger partial charge in [-0.2, -0.15) is 0 Å². The van der Waals surface area contributed by atoms with Gasteiger partial charge in [-0.3, -0.25) is 0 Å². The van der Waals surface area contributed by atoms with E-state index in [0.717, 1.165) is 17.6 Å². The molecule has 0 bridgehead atoms. The second-order valence-corrected chi connectivity index (χ2v) is 16.4. The largest absolute Gasteiger partial charge is 0.456 e. The summed E-state index contributed by atoms with van der Waals surface area (Å²) in [6.07, 6.45) is 19.5. The van der Waals surface area contributed by atoms with E-state index >= 15 is 0 Å². The highest BCUT2D eigenvalue weighted by molar-refractivity contribution is 6.06. The zero-order chi connectivity index (χ0) is 39.4. The van der Waals surface area contributed by atoms with E-state index in [0.29, 0.717) is 5.92 Å². The van der Waals surface area contributed by atoms with Crippen molar-refractivity contribution >= 4 is 27.5 Å². The highest BCUT2D eigenvalue weighted by atomic mass is 16.3. The molecule has 1 unspecified atom stereocenters.